The van der Waals surface area contributed by atoms with E-state index in [9.17, 15) is 0 Å². The van der Waals surface area contributed by atoms with Crippen molar-refractivity contribution in [1.29, 1.82) is 0 Å². The van der Waals surface area contributed by atoms with Gasteiger partial charge in [0.15, 0.2) is 4.77 Å². The summed E-state index contributed by atoms with van der Waals surface area (Å²) in [5.41, 5.74) is 2.87. The first-order valence-corrected chi connectivity index (χ1v) is 6.93. The fraction of sp³-hybridized carbons (Fsp3) is 0.0714. The second-order valence-electron chi connectivity index (χ2n) is 4.24. The molecule has 3 rings (SSSR count). The molecule has 0 amide bonds. The molecule has 0 bridgehead atoms. The van der Waals surface area contributed by atoms with Crippen LogP contribution in [0.15, 0.2) is 42.5 Å². The number of fused-ring (bicyclic) bond motifs is 1. The van der Waals surface area contributed by atoms with Crippen LogP contribution in [0.25, 0.3) is 11.0 Å². The van der Waals surface area contributed by atoms with Crippen molar-refractivity contribution in [2.45, 2.75) is 6.54 Å². The van der Waals surface area contributed by atoms with Crippen molar-refractivity contribution in [2.75, 3.05) is 0 Å². The van der Waals surface area contributed by atoms with Gasteiger partial charge in [-0.25, -0.2) is 0 Å². The Morgan fingerprint density at radius 3 is 2.53 bits per heavy atom. The summed E-state index contributed by atoms with van der Waals surface area (Å²) in [6, 6.07) is 13.5. The van der Waals surface area contributed by atoms with Gasteiger partial charge >= 0.3 is 0 Å². The lowest BCUT2D eigenvalue weighted by atomic mass is 10.2. The van der Waals surface area contributed by atoms with Gasteiger partial charge in [0.25, 0.3) is 0 Å². The van der Waals surface area contributed by atoms with Crippen molar-refractivity contribution in [3.05, 3.63) is 62.8 Å². The Balaban J connectivity index is 2.16. The predicted octanol–water partition coefficient (Wildman–Crippen LogP) is 5.05. The number of para-hydroxylation sites is 1. The fourth-order valence-electron chi connectivity index (χ4n) is 2.10. The van der Waals surface area contributed by atoms with E-state index in [4.69, 9.17) is 35.4 Å². The van der Waals surface area contributed by atoms with E-state index in [2.05, 4.69) is 4.98 Å². The summed E-state index contributed by atoms with van der Waals surface area (Å²) in [6.07, 6.45) is 0. The maximum atomic E-state index is 6.19. The average molecular weight is 309 g/mol. The number of halogens is 2. The monoisotopic (exact) mass is 308 g/mol. The highest BCUT2D eigenvalue weighted by Gasteiger charge is 2.08. The molecule has 1 heterocycles. The van der Waals surface area contributed by atoms with Crippen LogP contribution in [0.1, 0.15) is 5.56 Å². The van der Waals surface area contributed by atoms with Crippen molar-refractivity contribution in [3.63, 3.8) is 0 Å². The minimum Gasteiger partial charge on any atom is -0.329 e. The lowest BCUT2D eigenvalue weighted by Gasteiger charge is -2.06. The summed E-state index contributed by atoms with van der Waals surface area (Å²) in [7, 11) is 0. The molecule has 2 aromatic carbocycles. The molecule has 0 unspecified atom stereocenters. The van der Waals surface area contributed by atoms with Gasteiger partial charge in [-0.15, -0.1) is 0 Å². The van der Waals surface area contributed by atoms with Gasteiger partial charge in [-0.1, -0.05) is 47.5 Å². The number of aromatic amines is 1. The topological polar surface area (TPSA) is 20.7 Å². The summed E-state index contributed by atoms with van der Waals surface area (Å²) in [4.78, 5) is 3.14. The number of H-pyrrole nitrogens is 1. The number of rotatable bonds is 2. The van der Waals surface area contributed by atoms with Crippen LogP contribution in [0, 0.1) is 4.77 Å². The van der Waals surface area contributed by atoms with E-state index >= 15 is 0 Å². The Labute approximate surface area is 125 Å². The highest BCUT2D eigenvalue weighted by atomic mass is 35.5. The van der Waals surface area contributed by atoms with Crippen LogP contribution in [-0.4, -0.2) is 9.55 Å². The van der Waals surface area contributed by atoms with E-state index < -0.39 is 0 Å². The molecular formula is C14H10Cl2N2S. The van der Waals surface area contributed by atoms with Crippen LogP contribution in [0.5, 0.6) is 0 Å². The van der Waals surface area contributed by atoms with E-state index in [1.165, 1.54) is 0 Å². The quantitative estimate of drug-likeness (QED) is 0.657. The lowest BCUT2D eigenvalue weighted by molar-refractivity contribution is 0.811. The Bertz CT molecular complexity index is 805. The van der Waals surface area contributed by atoms with Crippen LogP contribution in [0.3, 0.4) is 0 Å². The predicted molar refractivity (Wildman–Crippen MR) is 82.7 cm³/mol. The molecule has 0 saturated carbocycles. The smallest absolute Gasteiger partial charge is 0.178 e. The molecule has 96 valence electrons. The number of nitrogens with one attached hydrogen (secondary N) is 1. The van der Waals surface area contributed by atoms with Gasteiger partial charge in [0.1, 0.15) is 0 Å². The summed E-state index contributed by atoms with van der Waals surface area (Å²) in [5.74, 6) is 0. The van der Waals surface area contributed by atoms with Crippen molar-refractivity contribution >= 4 is 46.5 Å². The molecule has 0 fully saturated rings. The SMILES string of the molecule is S=c1[nH]c2c(Cl)cccc2n1Cc1ccccc1Cl. The molecule has 19 heavy (non-hydrogen) atoms. The molecule has 0 radical (unpaired) electrons. The lowest BCUT2D eigenvalue weighted by Crippen LogP contribution is -2.00. The van der Waals surface area contributed by atoms with Crippen LogP contribution >= 0.6 is 35.4 Å². The number of hydrogen-bond acceptors (Lipinski definition) is 1. The highest BCUT2D eigenvalue weighted by Crippen LogP contribution is 2.24. The number of hydrogen-bond donors (Lipinski definition) is 1. The number of aromatic nitrogens is 2. The number of imidazole rings is 1. The van der Waals surface area contributed by atoms with Crippen molar-refractivity contribution in [3.8, 4) is 0 Å². The third-order valence-corrected chi connectivity index (χ3v) is 4.05. The zero-order valence-corrected chi connectivity index (χ0v) is 12.2. The average Bonchev–Trinajstić information content (AvgIpc) is 2.71. The molecule has 0 spiro atoms. The summed E-state index contributed by atoms with van der Waals surface area (Å²) in [5, 5.41) is 1.40. The molecule has 0 atom stereocenters. The fourth-order valence-corrected chi connectivity index (χ4v) is 2.78. The maximum absolute atomic E-state index is 6.19. The molecule has 1 N–H and O–H groups in total. The van der Waals surface area contributed by atoms with E-state index in [1.54, 1.807) is 0 Å². The number of nitrogens with zero attached hydrogens (tertiary/aromatic N) is 1. The first-order valence-electron chi connectivity index (χ1n) is 5.77. The van der Waals surface area contributed by atoms with Gasteiger partial charge < -0.3 is 9.55 Å². The summed E-state index contributed by atoms with van der Waals surface area (Å²) >= 11 is 17.7. The van der Waals surface area contributed by atoms with Gasteiger partial charge in [0.05, 0.1) is 22.6 Å². The normalized spacial score (nSPS) is 11.1. The highest BCUT2D eigenvalue weighted by molar-refractivity contribution is 7.71. The van der Waals surface area contributed by atoms with Gasteiger partial charge in [0, 0.05) is 5.02 Å². The van der Waals surface area contributed by atoms with Crippen LogP contribution in [0.2, 0.25) is 10.0 Å². The minimum atomic E-state index is 0.624. The van der Waals surface area contributed by atoms with Crippen LogP contribution < -0.4 is 0 Å². The van der Waals surface area contributed by atoms with Gasteiger partial charge in [0.2, 0.25) is 0 Å². The largest absolute Gasteiger partial charge is 0.329 e. The van der Waals surface area contributed by atoms with Gasteiger partial charge in [-0.05, 0) is 36.0 Å². The first-order chi connectivity index (χ1) is 9.16. The minimum absolute atomic E-state index is 0.624. The summed E-state index contributed by atoms with van der Waals surface area (Å²) in [6.45, 7) is 0.624. The molecule has 0 saturated heterocycles. The molecule has 0 aliphatic carbocycles. The third-order valence-electron chi connectivity index (χ3n) is 3.05. The Kier molecular flexibility index (Phi) is 3.35. The van der Waals surface area contributed by atoms with E-state index in [1.807, 2.05) is 47.0 Å². The van der Waals surface area contributed by atoms with Crippen molar-refractivity contribution < 1.29 is 0 Å². The Hall–Kier alpha value is -1.29. The van der Waals surface area contributed by atoms with E-state index in [0.717, 1.165) is 21.6 Å². The van der Waals surface area contributed by atoms with E-state index in [-0.39, 0.29) is 0 Å². The second-order valence-corrected chi connectivity index (χ2v) is 5.44. The molecule has 0 aliphatic rings. The number of benzene rings is 2. The Morgan fingerprint density at radius 1 is 1.00 bits per heavy atom. The van der Waals surface area contributed by atoms with Crippen molar-refractivity contribution in [2.24, 2.45) is 0 Å². The van der Waals surface area contributed by atoms with E-state index in [0.29, 0.717) is 16.3 Å². The molecular weight excluding hydrogens is 299 g/mol. The molecule has 3 aromatic rings. The van der Waals surface area contributed by atoms with Gasteiger partial charge in [-0.3, -0.25) is 0 Å². The van der Waals surface area contributed by atoms with Crippen molar-refractivity contribution in [1.82, 2.24) is 9.55 Å². The second kappa shape index (κ2) is 5.00. The third kappa shape index (κ3) is 2.29. The van der Waals surface area contributed by atoms with Crippen LogP contribution in [0.4, 0.5) is 0 Å². The standard InChI is InChI=1S/C14H10Cl2N2S/c15-10-5-2-1-4-9(10)8-18-12-7-3-6-11(16)13(12)17-14(18)19/h1-7H,8H2,(H,17,19). The molecule has 5 heteroatoms. The van der Waals surface area contributed by atoms with Crippen LogP contribution in [-0.2, 0) is 6.54 Å². The summed E-state index contributed by atoms with van der Waals surface area (Å²) < 4.78 is 2.64. The molecule has 2 nitrogen and oxygen atoms in total. The maximum Gasteiger partial charge on any atom is 0.178 e. The first kappa shape index (κ1) is 12.7. The zero-order valence-electron chi connectivity index (χ0n) is 9.86. The zero-order chi connectivity index (χ0) is 13.4. The van der Waals surface area contributed by atoms with Gasteiger partial charge in [-0.2, -0.15) is 0 Å². The molecule has 1 aromatic heterocycles. The molecule has 0 aliphatic heterocycles. The Morgan fingerprint density at radius 2 is 1.74 bits per heavy atom.